The summed E-state index contributed by atoms with van der Waals surface area (Å²) in [5.74, 6) is 1.18. The first kappa shape index (κ1) is 12.8. The highest BCUT2D eigenvalue weighted by atomic mass is 32.2. The first-order valence-electron chi connectivity index (χ1n) is 6.19. The van der Waals surface area contributed by atoms with Gasteiger partial charge in [-0.3, -0.25) is 0 Å². The number of thioether (sulfide) groups is 1. The van der Waals surface area contributed by atoms with Gasteiger partial charge in [0.2, 0.25) is 0 Å². The van der Waals surface area contributed by atoms with E-state index in [-0.39, 0.29) is 5.54 Å². The number of nitrogens with one attached hydrogen (secondary N) is 1. The molecule has 0 atom stereocenters. The van der Waals surface area contributed by atoms with Crippen molar-refractivity contribution in [2.45, 2.75) is 25.9 Å². The van der Waals surface area contributed by atoms with Gasteiger partial charge in [0.25, 0.3) is 0 Å². The molecule has 0 radical (unpaired) electrons. The number of para-hydroxylation sites is 1. The van der Waals surface area contributed by atoms with E-state index in [4.69, 9.17) is 0 Å². The molecule has 0 bridgehead atoms. The Balaban J connectivity index is 2.26. The zero-order valence-electron chi connectivity index (χ0n) is 11.0. The normalized spacial score (nSPS) is 18.6. The van der Waals surface area contributed by atoms with Crippen molar-refractivity contribution in [1.82, 2.24) is 5.32 Å². The van der Waals surface area contributed by atoms with E-state index in [0.717, 1.165) is 19.6 Å². The second-order valence-corrected chi connectivity index (χ2v) is 6.27. The minimum atomic E-state index is 0.178. The van der Waals surface area contributed by atoms with Gasteiger partial charge in [0.15, 0.2) is 0 Å². The second-order valence-electron chi connectivity index (χ2n) is 5.28. The summed E-state index contributed by atoms with van der Waals surface area (Å²) < 4.78 is 0. The molecule has 2 rings (SSSR count). The summed E-state index contributed by atoms with van der Waals surface area (Å²) in [5.41, 5.74) is 3.00. The molecule has 0 aliphatic carbocycles. The van der Waals surface area contributed by atoms with Crippen LogP contribution in [0.3, 0.4) is 0 Å². The quantitative estimate of drug-likeness (QED) is 0.888. The third-order valence-electron chi connectivity index (χ3n) is 3.24. The molecule has 17 heavy (non-hydrogen) atoms. The maximum Gasteiger partial charge on any atom is 0.0412 e. The first-order chi connectivity index (χ1) is 8.12. The van der Waals surface area contributed by atoms with Gasteiger partial charge in [-0.05, 0) is 31.7 Å². The number of benzene rings is 1. The number of anilines is 1. The predicted molar refractivity (Wildman–Crippen MR) is 78.0 cm³/mol. The zero-order valence-corrected chi connectivity index (χ0v) is 11.8. The minimum Gasteiger partial charge on any atom is -0.369 e. The van der Waals surface area contributed by atoms with Crippen LogP contribution in [0.15, 0.2) is 24.3 Å². The lowest BCUT2D eigenvalue weighted by molar-refractivity contribution is 0.397. The molecule has 1 aliphatic rings. The molecule has 1 aromatic rings. The van der Waals surface area contributed by atoms with Crippen molar-refractivity contribution in [3.05, 3.63) is 29.8 Å². The number of nitrogens with zero attached hydrogens (tertiary/aromatic N) is 1. The van der Waals surface area contributed by atoms with Gasteiger partial charge < -0.3 is 10.2 Å². The number of rotatable bonds is 3. The lowest BCUT2D eigenvalue weighted by atomic mass is 10.1. The number of fused-ring (bicyclic) bond motifs is 1. The van der Waals surface area contributed by atoms with E-state index in [0.29, 0.717) is 0 Å². The van der Waals surface area contributed by atoms with E-state index in [9.17, 15) is 0 Å². The van der Waals surface area contributed by atoms with Crippen molar-refractivity contribution < 1.29 is 0 Å². The Hall–Kier alpha value is -0.670. The summed E-state index contributed by atoms with van der Waals surface area (Å²) in [6.07, 6.45) is 2.17. The molecule has 94 valence electrons. The highest BCUT2D eigenvalue weighted by Gasteiger charge is 2.26. The monoisotopic (exact) mass is 250 g/mol. The number of hydrogen-bond acceptors (Lipinski definition) is 3. The standard InChI is InChI=1S/C14H22N2S/c1-14(2)11-16(8-9-17-3)13-7-5-4-6-12(13)10-15-14/h4-7,15H,8-11H2,1-3H3. The van der Waals surface area contributed by atoms with Gasteiger partial charge in [-0.2, -0.15) is 11.8 Å². The summed E-state index contributed by atoms with van der Waals surface area (Å²) in [6, 6.07) is 8.75. The van der Waals surface area contributed by atoms with E-state index in [1.807, 2.05) is 11.8 Å². The third-order valence-corrected chi connectivity index (χ3v) is 3.83. The van der Waals surface area contributed by atoms with E-state index >= 15 is 0 Å². The molecule has 0 saturated carbocycles. The molecular weight excluding hydrogens is 228 g/mol. The first-order valence-corrected chi connectivity index (χ1v) is 7.58. The van der Waals surface area contributed by atoms with Crippen molar-refractivity contribution in [3.8, 4) is 0 Å². The van der Waals surface area contributed by atoms with Gasteiger partial charge in [-0.25, -0.2) is 0 Å². The van der Waals surface area contributed by atoms with Gasteiger partial charge in [0, 0.05) is 36.6 Å². The molecule has 1 N–H and O–H groups in total. The molecule has 0 aromatic heterocycles. The third kappa shape index (κ3) is 3.17. The molecular formula is C14H22N2S. The van der Waals surface area contributed by atoms with Gasteiger partial charge in [-0.15, -0.1) is 0 Å². The van der Waals surface area contributed by atoms with Crippen LogP contribution in [0.2, 0.25) is 0 Å². The average Bonchev–Trinajstić information content (AvgIpc) is 2.44. The Kier molecular flexibility index (Phi) is 4.00. The summed E-state index contributed by atoms with van der Waals surface area (Å²) in [6.45, 7) is 7.74. The Bertz CT molecular complexity index is 376. The van der Waals surface area contributed by atoms with Gasteiger partial charge in [0.1, 0.15) is 0 Å². The molecule has 0 unspecified atom stereocenters. The lowest BCUT2D eigenvalue weighted by Crippen LogP contribution is -2.47. The van der Waals surface area contributed by atoms with E-state index in [1.54, 1.807) is 0 Å². The van der Waals surface area contributed by atoms with Crippen LogP contribution in [0.5, 0.6) is 0 Å². The van der Waals surface area contributed by atoms with Crippen LogP contribution in [0, 0.1) is 0 Å². The van der Waals surface area contributed by atoms with Gasteiger partial charge >= 0.3 is 0 Å². The van der Waals surface area contributed by atoms with Crippen molar-refractivity contribution >= 4 is 17.4 Å². The van der Waals surface area contributed by atoms with Crippen molar-refractivity contribution in [1.29, 1.82) is 0 Å². The number of hydrogen-bond donors (Lipinski definition) is 1. The van der Waals surface area contributed by atoms with Crippen LogP contribution in [-0.2, 0) is 6.54 Å². The van der Waals surface area contributed by atoms with Crippen molar-refractivity contribution in [3.63, 3.8) is 0 Å². The van der Waals surface area contributed by atoms with Gasteiger partial charge in [-0.1, -0.05) is 18.2 Å². The Morgan fingerprint density at radius 3 is 2.88 bits per heavy atom. The zero-order chi connectivity index (χ0) is 12.3. The fourth-order valence-electron chi connectivity index (χ4n) is 2.32. The largest absolute Gasteiger partial charge is 0.369 e. The van der Waals surface area contributed by atoms with Gasteiger partial charge in [0.05, 0.1) is 0 Å². The molecule has 0 amide bonds. The van der Waals surface area contributed by atoms with Crippen LogP contribution >= 0.6 is 11.8 Å². The molecule has 1 aromatic carbocycles. The maximum absolute atomic E-state index is 3.63. The molecule has 0 spiro atoms. The van der Waals surface area contributed by atoms with Crippen LogP contribution in [0.1, 0.15) is 19.4 Å². The van der Waals surface area contributed by atoms with Crippen LogP contribution in [-0.4, -0.2) is 30.6 Å². The van der Waals surface area contributed by atoms with Crippen LogP contribution in [0.25, 0.3) is 0 Å². The lowest BCUT2D eigenvalue weighted by Gasteiger charge is -2.32. The Morgan fingerprint density at radius 2 is 2.12 bits per heavy atom. The maximum atomic E-state index is 3.63. The molecule has 0 fully saturated rings. The van der Waals surface area contributed by atoms with E-state index < -0.39 is 0 Å². The fraction of sp³-hybridized carbons (Fsp3) is 0.571. The minimum absolute atomic E-state index is 0.178. The SMILES string of the molecule is CSCCN1CC(C)(C)NCc2ccccc21. The summed E-state index contributed by atoms with van der Waals surface area (Å²) in [4.78, 5) is 2.52. The highest BCUT2D eigenvalue weighted by molar-refractivity contribution is 7.98. The molecule has 3 heteroatoms. The van der Waals surface area contributed by atoms with Crippen molar-refractivity contribution in [2.24, 2.45) is 0 Å². The Labute approximate surface area is 109 Å². The molecule has 1 heterocycles. The second kappa shape index (κ2) is 5.32. The fourth-order valence-corrected chi connectivity index (χ4v) is 2.73. The predicted octanol–water partition coefficient (Wildman–Crippen LogP) is 2.74. The summed E-state index contributed by atoms with van der Waals surface area (Å²) in [7, 11) is 0. The highest BCUT2D eigenvalue weighted by Crippen LogP contribution is 2.26. The molecule has 0 saturated heterocycles. The van der Waals surface area contributed by atoms with Crippen LogP contribution in [0.4, 0.5) is 5.69 Å². The molecule has 2 nitrogen and oxygen atoms in total. The topological polar surface area (TPSA) is 15.3 Å². The Morgan fingerprint density at radius 1 is 1.35 bits per heavy atom. The van der Waals surface area contributed by atoms with Crippen LogP contribution < -0.4 is 10.2 Å². The van der Waals surface area contributed by atoms with E-state index in [1.165, 1.54) is 17.0 Å². The average molecular weight is 250 g/mol. The smallest absolute Gasteiger partial charge is 0.0412 e. The van der Waals surface area contributed by atoms with Crippen molar-refractivity contribution in [2.75, 3.05) is 30.0 Å². The summed E-state index contributed by atoms with van der Waals surface area (Å²) in [5, 5.41) is 3.63. The van der Waals surface area contributed by atoms with E-state index in [2.05, 4.69) is 54.6 Å². The summed E-state index contributed by atoms with van der Waals surface area (Å²) >= 11 is 1.91. The molecule has 1 aliphatic heterocycles.